The fourth-order valence-electron chi connectivity index (χ4n) is 3.69. The van der Waals surface area contributed by atoms with Crippen molar-refractivity contribution in [1.82, 2.24) is 4.90 Å². The first-order valence-corrected chi connectivity index (χ1v) is 7.80. The summed E-state index contributed by atoms with van der Waals surface area (Å²) in [6.45, 7) is 0.742. The van der Waals surface area contributed by atoms with Crippen molar-refractivity contribution in [2.75, 3.05) is 6.54 Å². The number of halogens is 2. The van der Waals surface area contributed by atoms with Crippen LogP contribution in [0, 0.1) is 11.7 Å². The van der Waals surface area contributed by atoms with E-state index in [1.807, 2.05) is 4.90 Å². The van der Waals surface area contributed by atoms with Crippen LogP contribution in [0.25, 0.3) is 0 Å². The van der Waals surface area contributed by atoms with Gasteiger partial charge in [0.05, 0.1) is 5.56 Å². The van der Waals surface area contributed by atoms with E-state index in [1.54, 1.807) is 0 Å². The Balaban J connectivity index is 1.83. The molecular weight excluding hydrogens is 277 g/mol. The van der Waals surface area contributed by atoms with E-state index in [4.69, 9.17) is 11.6 Å². The van der Waals surface area contributed by atoms with Gasteiger partial charge in [0.25, 0.3) is 5.91 Å². The van der Waals surface area contributed by atoms with Crippen LogP contribution in [-0.4, -0.2) is 23.4 Å². The highest BCUT2D eigenvalue weighted by Crippen LogP contribution is 2.36. The molecule has 2 nitrogen and oxygen atoms in total. The van der Waals surface area contributed by atoms with Gasteiger partial charge in [0, 0.05) is 17.6 Å². The third-order valence-electron chi connectivity index (χ3n) is 4.66. The van der Waals surface area contributed by atoms with Crippen molar-refractivity contribution in [2.24, 2.45) is 5.92 Å². The van der Waals surface area contributed by atoms with Crippen LogP contribution < -0.4 is 0 Å². The molecule has 1 heterocycles. The molecule has 1 saturated carbocycles. The molecule has 0 N–H and O–H groups in total. The van der Waals surface area contributed by atoms with Crippen molar-refractivity contribution >= 4 is 17.5 Å². The van der Waals surface area contributed by atoms with Crippen molar-refractivity contribution in [2.45, 2.75) is 44.6 Å². The highest BCUT2D eigenvalue weighted by atomic mass is 35.5. The average molecular weight is 296 g/mol. The summed E-state index contributed by atoms with van der Waals surface area (Å²) < 4.78 is 13.9. The second kappa shape index (κ2) is 5.72. The molecule has 1 atom stereocenters. The second-order valence-corrected chi connectivity index (χ2v) is 6.31. The lowest BCUT2D eigenvalue weighted by atomic mass is 9.95. The minimum atomic E-state index is -0.475. The summed E-state index contributed by atoms with van der Waals surface area (Å²) in [7, 11) is 0. The van der Waals surface area contributed by atoms with Crippen LogP contribution >= 0.6 is 11.6 Å². The Morgan fingerprint density at radius 1 is 1.20 bits per heavy atom. The first-order valence-electron chi connectivity index (χ1n) is 7.43. The highest BCUT2D eigenvalue weighted by molar-refractivity contribution is 6.31. The minimum Gasteiger partial charge on any atom is -0.335 e. The van der Waals surface area contributed by atoms with E-state index in [-0.39, 0.29) is 11.5 Å². The Morgan fingerprint density at radius 2 is 1.95 bits per heavy atom. The Morgan fingerprint density at radius 3 is 2.70 bits per heavy atom. The van der Waals surface area contributed by atoms with Gasteiger partial charge in [-0.15, -0.1) is 0 Å². The lowest BCUT2D eigenvalue weighted by molar-refractivity contribution is 0.0684. The monoisotopic (exact) mass is 295 g/mol. The van der Waals surface area contributed by atoms with Crippen molar-refractivity contribution < 1.29 is 9.18 Å². The van der Waals surface area contributed by atoms with Crippen LogP contribution in [-0.2, 0) is 0 Å². The van der Waals surface area contributed by atoms with E-state index < -0.39 is 5.82 Å². The number of likely N-dealkylation sites (tertiary alicyclic amines) is 1. The molecule has 20 heavy (non-hydrogen) atoms. The van der Waals surface area contributed by atoms with Gasteiger partial charge in [-0.2, -0.15) is 0 Å². The van der Waals surface area contributed by atoms with E-state index in [9.17, 15) is 9.18 Å². The van der Waals surface area contributed by atoms with Gasteiger partial charge in [-0.3, -0.25) is 4.79 Å². The van der Waals surface area contributed by atoms with Crippen LogP contribution in [0.5, 0.6) is 0 Å². The SMILES string of the molecule is O=C(c1cc(Cl)ccc1F)N1CCCC1C1CCCC1. The zero-order chi connectivity index (χ0) is 14.1. The van der Waals surface area contributed by atoms with Crippen molar-refractivity contribution in [1.29, 1.82) is 0 Å². The second-order valence-electron chi connectivity index (χ2n) is 5.88. The third kappa shape index (κ3) is 2.56. The molecule has 0 radical (unpaired) electrons. The third-order valence-corrected chi connectivity index (χ3v) is 4.90. The fraction of sp³-hybridized carbons (Fsp3) is 0.562. The van der Waals surface area contributed by atoms with E-state index in [0.717, 1.165) is 19.4 Å². The van der Waals surface area contributed by atoms with Crippen LogP contribution in [0.4, 0.5) is 4.39 Å². The van der Waals surface area contributed by atoms with Gasteiger partial charge in [-0.25, -0.2) is 4.39 Å². The van der Waals surface area contributed by atoms with Gasteiger partial charge in [0.2, 0.25) is 0 Å². The lowest BCUT2D eigenvalue weighted by Crippen LogP contribution is -2.39. The number of amides is 1. The summed E-state index contributed by atoms with van der Waals surface area (Å²) in [5, 5.41) is 0.409. The number of nitrogens with zero attached hydrogens (tertiary/aromatic N) is 1. The van der Waals surface area contributed by atoms with Gasteiger partial charge in [0.1, 0.15) is 5.82 Å². The first kappa shape index (κ1) is 13.9. The number of carbonyl (C=O) groups excluding carboxylic acids is 1. The number of rotatable bonds is 2. The largest absolute Gasteiger partial charge is 0.335 e. The summed E-state index contributed by atoms with van der Waals surface area (Å²) in [4.78, 5) is 14.5. The van der Waals surface area contributed by atoms with Gasteiger partial charge < -0.3 is 4.90 Å². The molecule has 4 heteroatoms. The van der Waals surface area contributed by atoms with Crippen molar-refractivity contribution in [3.63, 3.8) is 0 Å². The van der Waals surface area contributed by atoms with Crippen LogP contribution in [0.2, 0.25) is 5.02 Å². The number of benzene rings is 1. The molecular formula is C16H19ClFNO. The Bertz CT molecular complexity index is 513. The summed E-state index contributed by atoms with van der Waals surface area (Å²) >= 11 is 5.89. The molecule has 3 rings (SSSR count). The molecule has 1 aromatic rings. The van der Waals surface area contributed by atoms with Gasteiger partial charge in [-0.1, -0.05) is 24.4 Å². The van der Waals surface area contributed by atoms with Crippen LogP contribution in [0.1, 0.15) is 48.9 Å². The van der Waals surface area contributed by atoms with E-state index in [2.05, 4.69) is 0 Å². The molecule has 1 aliphatic heterocycles. The molecule has 1 unspecified atom stereocenters. The normalized spacial score (nSPS) is 23.5. The van der Waals surface area contributed by atoms with Gasteiger partial charge in [0.15, 0.2) is 0 Å². The molecule has 1 amide bonds. The van der Waals surface area contributed by atoms with Crippen molar-refractivity contribution in [3.05, 3.63) is 34.6 Å². The van der Waals surface area contributed by atoms with Crippen molar-refractivity contribution in [3.8, 4) is 0 Å². The number of hydrogen-bond donors (Lipinski definition) is 0. The quantitative estimate of drug-likeness (QED) is 0.798. The lowest BCUT2D eigenvalue weighted by Gasteiger charge is -2.29. The topological polar surface area (TPSA) is 20.3 Å². The molecule has 0 aromatic heterocycles. The van der Waals surface area contributed by atoms with E-state index in [0.29, 0.717) is 17.0 Å². The molecule has 1 aromatic carbocycles. The predicted molar refractivity (Wildman–Crippen MR) is 77.4 cm³/mol. The van der Waals surface area contributed by atoms with E-state index >= 15 is 0 Å². The first-order chi connectivity index (χ1) is 9.66. The summed E-state index contributed by atoms with van der Waals surface area (Å²) in [5.74, 6) is -0.0698. The molecule has 1 saturated heterocycles. The highest BCUT2D eigenvalue weighted by Gasteiger charge is 2.36. The number of hydrogen-bond acceptors (Lipinski definition) is 1. The van der Waals surface area contributed by atoms with Crippen LogP contribution in [0.15, 0.2) is 18.2 Å². The molecule has 1 aliphatic carbocycles. The average Bonchev–Trinajstić information content (AvgIpc) is 3.10. The van der Waals surface area contributed by atoms with Crippen LogP contribution in [0.3, 0.4) is 0 Å². The Kier molecular flexibility index (Phi) is 3.97. The Hall–Kier alpha value is -1.09. The maximum absolute atomic E-state index is 13.9. The zero-order valence-electron chi connectivity index (χ0n) is 11.4. The standard InChI is InChI=1S/C16H19ClFNO/c17-12-7-8-14(18)13(10-12)16(20)19-9-3-6-15(19)11-4-1-2-5-11/h7-8,10-11,15H,1-6,9H2. The molecule has 0 bridgehead atoms. The maximum atomic E-state index is 13.9. The minimum absolute atomic E-state index is 0.113. The zero-order valence-corrected chi connectivity index (χ0v) is 12.2. The maximum Gasteiger partial charge on any atom is 0.257 e. The fourth-order valence-corrected chi connectivity index (χ4v) is 3.87. The summed E-state index contributed by atoms with van der Waals surface area (Å²) in [5.41, 5.74) is 0.113. The van der Waals surface area contributed by atoms with Gasteiger partial charge >= 0.3 is 0 Å². The molecule has 0 spiro atoms. The summed E-state index contributed by atoms with van der Waals surface area (Å²) in [6, 6.07) is 4.49. The molecule has 108 valence electrons. The summed E-state index contributed by atoms with van der Waals surface area (Å²) in [6.07, 6.45) is 7.00. The van der Waals surface area contributed by atoms with Gasteiger partial charge in [-0.05, 0) is 49.8 Å². The van der Waals surface area contributed by atoms with E-state index in [1.165, 1.54) is 43.9 Å². The molecule has 2 aliphatic rings. The smallest absolute Gasteiger partial charge is 0.257 e. The molecule has 2 fully saturated rings. The predicted octanol–water partition coefficient (Wildman–Crippen LogP) is 4.27. The number of carbonyl (C=O) groups is 1. The Labute approximate surface area is 123 Å².